The second kappa shape index (κ2) is 5.65. The maximum absolute atomic E-state index is 12.2. The number of hydrogen-bond donors (Lipinski definition) is 1. The molecule has 0 aliphatic carbocycles. The molecule has 3 atom stereocenters. The second-order valence-corrected chi connectivity index (χ2v) is 5.29. The van der Waals surface area contributed by atoms with Gasteiger partial charge in [0.25, 0.3) is 0 Å². The van der Waals surface area contributed by atoms with E-state index in [1.807, 2.05) is 30.3 Å². The minimum absolute atomic E-state index is 0.0685. The van der Waals surface area contributed by atoms with Gasteiger partial charge in [0.05, 0.1) is 12.6 Å². The van der Waals surface area contributed by atoms with Crippen LogP contribution >= 0.6 is 0 Å². The fourth-order valence-electron chi connectivity index (χ4n) is 2.98. The number of nitrogens with zero attached hydrogens (tertiary/aromatic N) is 1. The summed E-state index contributed by atoms with van der Waals surface area (Å²) in [6.45, 7) is 0.365. The molecule has 2 aliphatic heterocycles. The maximum Gasteiger partial charge on any atom is 0.411 e. The molecule has 1 aromatic carbocycles. The summed E-state index contributed by atoms with van der Waals surface area (Å²) in [6.07, 6.45) is 0.553. The van der Waals surface area contributed by atoms with Crippen molar-refractivity contribution < 1.29 is 19.1 Å². The summed E-state index contributed by atoms with van der Waals surface area (Å²) < 4.78 is 5.25. The Morgan fingerprint density at radius 2 is 2.14 bits per heavy atom. The topological polar surface area (TPSA) is 75.7 Å². The van der Waals surface area contributed by atoms with Gasteiger partial charge in [0, 0.05) is 6.04 Å². The lowest BCUT2D eigenvalue weighted by Gasteiger charge is -2.24. The zero-order valence-electron chi connectivity index (χ0n) is 11.4. The number of fused-ring (bicyclic) bond motifs is 1. The zero-order valence-corrected chi connectivity index (χ0v) is 11.4. The van der Waals surface area contributed by atoms with Gasteiger partial charge in [-0.15, -0.1) is 0 Å². The van der Waals surface area contributed by atoms with Crippen molar-refractivity contribution in [3.63, 3.8) is 0 Å². The van der Waals surface area contributed by atoms with Crippen molar-refractivity contribution in [3.8, 4) is 0 Å². The monoisotopic (exact) mass is 288 g/mol. The van der Waals surface area contributed by atoms with Crippen molar-refractivity contribution in [1.82, 2.24) is 10.2 Å². The molecule has 6 nitrogen and oxygen atoms in total. The van der Waals surface area contributed by atoms with Gasteiger partial charge >= 0.3 is 6.09 Å². The normalized spacial score (nSPS) is 27.5. The molecule has 0 bridgehead atoms. The molecule has 0 saturated carbocycles. The Morgan fingerprint density at radius 1 is 1.38 bits per heavy atom. The summed E-state index contributed by atoms with van der Waals surface area (Å²) >= 11 is 0. The summed E-state index contributed by atoms with van der Waals surface area (Å²) in [5.74, 6) is -0.0685. The third-order valence-electron chi connectivity index (χ3n) is 3.97. The number of rotatable bonds is 3. The number of Topliss-reactive ketones (excluding diaryl/α,β-unsaturated/α-hetero) is 1. The Morgan fingerprint density at radius 3 is 2.86 bits per heavy atom. The number of aldehydes is 1. The van der Waals surface area contributed by atoms with Gasteiger partial charge in [-0.2, -0.15) is 0 Å². The van der Waals surface area contributed by atoms with Crippen molar-refractivity contribution >= 4 is 18.2 Å². The number of carbonyl (C=O) groups excluding carboxylic acids is 3. The van der Waals surface area contributed by atoms with Crippen molar-refractivity contribution in [2.24, 2.45) is 0 Å². The van der Waals surface area contributed by atoms with E-state index in [1.54, 1.807) is 0 Å². The molecule has 2 heterocycles. The number of likely N-dealkylation sites (tertiary alicyclic amines) is 1. The number of benzene rings is 1. The highest BCUT2D eigenvalue weighted by Crippen LogP contribution is 2.28. The van der Waals surface area contributed by atoms with Gasteiger partial charge in [0.2, 0.25) is 0 Å². The average Bonchev–Trinajstić information content (AvgIpc) is 3.05. The van der Waals surface area contributed by atoms with Crippen LogP contribution in [0.25, 0.3) is 0 Å². The van der Waals surface area contributed by atoms with Crippen molar-refractivity contribution in [2.45, 2.75) is 31.2 Å². The Labute approximate surface area is 122 Å². The maximum atomic E-state index is 12.2. The van der Waals surface area contributed by atoms with Crippen LogP contribution in [0.4, 0.5) is 4.79 Å². The fraction of sp³-hybridized carbons (Fsp3) is 0.400. The molecule has 1 amide bonds. The molecule has 3 rings (SSSR count). The number of carbonyl (C=O) groups is 3. The lowest BCUT2D eigenvalue weighted by molar-refractivity contribution is -0.121. The van der Waals surface area contributed by atoms with E-state index in [1.165, 1.54) is 4.90 Å². The number of nitrogens with one attached hydrogen (secondary N) is 1. The predicted molar refractivity (Wildman–Crippen MR) is 73.5 cm³/mol. The molecule has 2 fully saturated rings. The van der Waals surface area contributed by atoms with Crippen LogP contribution in [0.15, 0.2) is 30.3 Å². The van der Waals surface area contributed by atoms with Gasteiger partial charge in [-0.05, 0) is 12.0 Å². The van der Waals surface area contributed by atoms with Gasteiger partial charge in [0.1, 0.15) is 18.9 Å². The highest BCUT2D eigenvalue weighted by molar-refractivity contribution is 5.94. The van der Waals surface area contributed by atoms with E-state index in [0.717, 1.165) is 5.56 Å². The summed E-state index contributed by atoms with van der Waals surface area (Å²) in [6, 6.07) is 7.96. The van der Waals surface area contributed by atoms with Gasteiger partial charge < -0.3 is 14.8 Å². The number of hydrogen-bond acceptors (Lipinski definition) is 5. The highest BCUT2D eigenvalue weighted by Gasteiger charge is 2.51. The van der Waals surface area contributed by atoms with E-state index in [4.69, 9.17) is 4.74 Å². The molecule has 21 heavy (non-hydrogen) atoms. The second-order valence-electron chi connectivity index (χ2n) is 5.29. The quantitative estimate of drug-likeness (QED) is 0.820. The number of amides is 1. The predicted octanol–water partition coefficient (Wildman–Crippen LogP) is 0.506. The SMILES string of the molecule is O=CC1CC2NCC(=O)C2N1C(=O)OCc1ccccc1. The largest absolute Gasteiger partial charge is 0.445 e. The van der Waals surface area contributed by atoms with E-state index in [-0.39, 0.29) is 25.0 Å². The summed E-state index contributed by atoms with van der Waals surface area (Å²) in [4.78, 5) is 36.5. The number of ether oxygens (including phenoxy) is 1. The summed E-state index contributed by atoms with van der Waals surface area (Å²) in [7, 11) is 0. The zero-order chi connectivity index (χ0) is 14.8. The molecule has 2 aliphatic rings. The first-order valence-corrected chi connectivity index (χ1v) is 6.91. The Hall–Kier alpha value is -2.21. The Balaban J connectivity index is 1.70. The molecule has 6 heteroatoms. The third kappa shape index (κ3) is 2.54. The molecular formula is C15H16N2O4. The van der Waals surface area contributed by atoms with Gasteiger partial charge in [-0.1, -0.05) is 30.3 Å². The summed E-state index contributed by atoms with van der Waals surface area (Å²) in [5.41, 5.74) is 0.861. The lowest BCUT2D eigenvalue weighted by Crippen LogP contribution is -2.46. The van der Waals surface area contributed by atoms with Crippen LogP contribution in [-0.2, 0) is 20.9 Å². The molecule has 0 aromatic heterocycles. The smallest absolute Gasteiger partial charge is 0.411 e. The van der Waals surface area contributed by atoms with Crippen LogP contribution in [0.5, 0.6) is 0 Å². The lowest BCUT2D eigenvalue weighted by atomic mass is 10.1. The average molecular weight is 288 g/mol. The molecule has 1 aromatic rings. The molecular weight excluding hydrogens is 272 g/mol. The van der Waals surface area contributed by atoms with E-state index >= 15 is 0 Å². The molecule has 0 radical (unpaired) electrons. The first kappa shape index (κ1) is 13.8. The van der Waals surface area contributed by atoms with Gasteiger partial charge in [-0.25, -0.2) is 4.79 Å². The van der Waals surface area contributed by atoms with E-state index in [0.29, 0.717) is 12.7 Å². The first-order chi connectivity index (χ1) is 10.2. The molecule has 0 spiro atoms. The molecule has 110 valence electrons. The van der Waals surface area contributed by atoms with Crippen molar-refractivity contribution in [3.05, 3.63) is 35.9 Å². The Kier molecular flexibility index (Phi) is 3.70. The van der Waals surface area contributed by atoms with Crippen molar-refractivity contribution in [2.75, 3.05) is 6.54 Å². The van der Waals surface area contributed by atoms with Crippen LogP contribution in [-0.4, -0.2) is 47.7 Å². The van der Waals surface area contributed by atoms with Crippen LogP contribution in [0.2, 0.25) is 0 Å². The third-order valence-corrected chi connectivity index (χ3v) is 3.97. The standard InChI is InChI=1S/C15H16N2O4/c18-8-11-6-12-14(13(19)7-16-12)17(11)15(20)21-9-10-4-2-1-3-5-10/h1-5,8,11-12,14,16H,6-7,9H2. The fourth-order valence-corrected chi connectivity index (χ4v) is 2.98. The first-order valence-electron chi connectivity index (χ1n) is 6.91. The van der Waals surface area contributed by atoms with E-state index < -0.39 is 18.2 Å². The number of ketones is 1. The van der Waals surface area contributed by atoms with E-state index in [9.17, 15) is 14.4 Å². The molecule has 2 saturated heterocycles. The van der Waals surface area contributed by atoms with Gasteiger partial charge in [0.15, 0.2) is 5.78 Å². The Bertz CT molecular complexity index is 560. The molecule has 3 unspecified atom stereocenters. The summed E-state index contributed by atoms with van der Waals surface area (Å²) in [5, 5.41) is 3.03. The van der Waals surface area contributed by atoms with Gasteiger partial charge in [-0.3, -0.25) is 9.69 Å². The van der Waals surface area contributed by atoms with E-state index in [2.05, 4.69) is 5.32 Å². The van der Waals surface area contributed by atoms with Crippen LogP contribution in [0.3, 0.4) is 0 Å². The minimum Gasteiger partial charge on any atom is -0.445 e. The van der Waals surface area contributed by atoms with Crippen molar-refractivity contribution in [1.29, 1.82) is 0 Å². The van der Waals surface area contributed by atoms with Crippen LogP contribution in [0.1, 0.15) is 12.0 Å². The van der Waals surface area contributed by atoms with Crippen LogP contribution < -0.4 is 5.32 Å². The highest BCUT2D eigenvalue weighted by atomic mass is 16.6. The molecule has 1 N–H and O–H groups in total. The van der Waals surface area contributed by atoms with Crippen LogP contribution in [0, 0.1) is 0 Å². The minimum atomic E-state index is -0.611.